The molecule has 4 rings (SSSR count). The molecule has 0 atom stereocenters. The maximum atomic E-state index is 11.0. The molecule has 6 heteroatoms. The van der Waals surface area contributed by atoms with E-state index in [9.17, 15) is 4.79 Å². The van der Waals surface area contributed by atoms with E-state index in [1.54, 1.807) is 11.3 Å². The molecule has 2 aromatic carbocycles. The highest BCUT2D eigenvalue weighted by Gasteiger charge is 2.15. The Balaban J connectivity index is 1.56. The predicted octanol–water partition coefficient (Wildman–Crippen LogP) is 4.34. The molecule has 0 saturated heterocycles. The maximum absolute atomic E-state index is 11.0. The number of hydrogen-bond donors (Lipinski definition) is 1. The Bertz CT molecular complexity index is 993. The van der Waals surface area contributed by atoms with E-state index in [2.05, 4.69) is 4.98 Å². The summed E-state index contributed by atoms with van der Waals surface area (Å²) in [5.74, 6) is 0.641. The van der Waals surface area contributed by atoms with Crippen LogP contribution in [-0.4, -0.2) is 22.9 Å². The van der Waals surface area contributed by atoms with Crippen molar-refractivity contribution >= 4 is 29.5 Å². The van der Waals surface area contributed by atoms with Crippen molar-refractivity contribution in [1.82, 2.24) is 4.98 Å². The SMILES string of the molecule is O=C(O)Cc1ccccc1/C=C/c1csc(-c2ccc3c(c2)OCO3)n1. The fraction of sp³-hybridized carbons (Fsp3) is 0.100. The Kier molecular flexibility index (Phi) is 4.41. The molecule has 130 valence electrons. The monoisotopic (exact) mass is 365 g/mol. The number of rotatable bonds is 5. The second-order valence-corrected chi connectivity index (χ2v) is 6.61. The normalized spacial score (nSPS) is 12.6. The number of carboxylic acids is 1. The Hall–Kier alpha value is -3.12. The molecule has 0 spiro atoms. The molecule has 1 aliphatic heterocycles. The Morgan fingerprint density at radius 3 is 2.88 bits per heavy atom. The first-order chi connectivity index (χ1) is 12.7. The van der Waals surface area contributed by atoms with E-state index in [-0.39, 0.29) is 13.2 Å². The van der Waals surface area contributed by atoms with Gasteiger partial charge < -0.3 is 14.6 Å². The summed E-state index contributed by atoms with van der Waals surface area (Å²) in [4.78, 5) is 15.6. The fourth-order valence-electron chi connectivity index (χ4n) is 2.72. The van der Waals surface area contributed by atoms with Gasteiger partial charge in [-0.05, 0) is 35.4 Å². The van der Waals surface area contributed by atoms with Gasteiger partial charge in [0.05, 0.1) is 12.1 Å². The van der Waals surface area contributed by atoms with Crippen molar-refractivity contribution in [1.29, 1.82) is 0 Å². The van der Waals surface area contributed by atoms with Crippen LogP contribution >= 0.6 is 11.3 Å². The number of nitrogens with zero attached hydrogens (tertiary/aromatic N) is 1. The molecule has 1 aliphatic rings. The van der Waals surface area contributed by atoms with E-state index in [0.717, 1.165) is 38.9 Å². The fourth-order valence-corrected chi connectivity index (χ4v) is 3.51. The summed E-state index contributed by atoms with van der Waals surface area (Å²) in [6.45, 7) is 0.250. The highest BCUT2D eigenvalue weighted by molar-refractivity contribution is 7.13. The van der Waals surface area contributed by atoms with Gasteiger partial charge in [0.15, 0.2) is 11.5 Å². The molecule has 0 amide bonds. The zero-order valence-electron chi connectivity index (χ0n) is 13.7. The number of thiazole rings is 1. The van der Waals surface area contributed by atoms with Crippen molar-refractivity contribution in [3.05, 3.63) is 64.7 Å². The maximum Gasteiger partial charge on any atom is 0.307 e. The first-order valence-electron chi connectivity index (χ1n) is 8.02. The van der Waals surface area contributed by atoms with Crippen LogP contribution in [0.1, 0.15) is 16.8 Å². The number of ether oxygens (including phenoxy) is 2. The molecule has 3 aromatic rings. The van der Waals surface area contributed by atoms with Gasteiger partial charge in [0, 0.05) is 10.9 Å². The lowest BCUT2D eigenvalue weighted by Gasteiger charge is -2.02. The lowest BCUT2D eigenvalue weighted by atomic mass is 10.0. The van der Waals surface area contributed by atoms with E-state index in [1.165, 1.54) is 0 Å². The van der Waals surface area contributed by atoms with Crippen LogP contribution in [-0.2, 0) is 11.2 Å². The average molecular weight is 365 g/mol. The van der Waals surface area contributed by atoms with Gasteiger partial charge in [0.1, 0.15) is 5.01 Å². The summed E-state index contributed by atoms with van der Waals surface area (Å²) < 4.78 is 10.7. The van der Waals surface area contributed by atoms with E-state index < -0.39 is 5.97 Å². The first kappa shape index (κ1) is 16.4. The minimum absolute atomic E-state index is 0.0000252. The first-order valence-corrected chi connectivity index (χ1v) is 8.90. The van der Waals surface area contributed by atoms with Gasteiger partial charge in [-0.2, -0.15) is 0 Å². The summed E-state index contributed by atoms with van der Waals surface area (Å²) >= 11 is 1.55. The number of carbonyl (C=O) groups is 1. The van der Waals surface area contributed by atoms with Crippen molar-refractivity contribution in [2.75, 3.05) is 6.79 Å². The van der Waals surface area contributed by atoms with Crippen molar-refractivity contribution < 1.29 is 19.4 Å². The second kappa shape index (κ2) is 7.01. The smallest absolute Gasteiger partial charge is 0.307 e. The number of aromatic nitrogens is 1. The van der Waals surface area contributed by atoms with Crippen LogP contribution in [0.4, 0.5) is 0 Å². The lowest BCUT2D eigenvalue weighted by molar-refractivity contribution is -0.136. The van der Waals surface area contributed by atoms with E-state index in [1.807, 2.05) is 60.0 Å². The highest BCUT2D eigenvalue weighted by Crippen LogP contribution is 2.36. The van der Waals surface area contributed by atoms with Crippen molar-refractivity contribution in [3.8, 4) is 22.1 Å². The number of hydrogen-bond acceptors (Lipinski definition) is 5. The zero-order chi connectivity index (χ0) is 17.9. The molecular formula is C20H15NO4S. The van der Waals surface area contributed by atoms with Crippen LogP contribution < -0.4 is 9.47 Å². The Morgan fingerprint density at radius 2 is 2.00 bits per heavy atom. The second-order valence-electron chi connectivity index (χ2n) is 5.75. The van der Waals surface area contributed by atoms with Crippen molar-refractivity contribution in [2.24, 2.45) is 0 Å². The van der Waals surface area contributed by atoms with Crippen LogP contribution in [0.3, 0.4) is 0 Å². The van der Waals surface area contributed by atoms with Crippen LogP contribution in [0, 0.1) is 0 Å². The predicted molar refractivity (Wildman–Crippen MR) is 100 cm³/mol. The van der Waals surface area contributed by atoms with Gasteiger partial charge in [0.25, 0.3) is 0 Å². The summed E-state index contributed by atoms with van der Waals surface area (Å²) in [5.41, 5.74) is 3.47. The minimum Gasteiger partial charge on any atom is -0.481 e. The Labute approximate surface area is 154 Å². The van der Waals surface area contributed by atoms with Gasteiger partial charge in [0.2, 0.25) is 6.79 Å². The topological polar surface area (TPSA) is 68.7 Å². The van der Waals surface area contributed by atoms with E-state index in [4.69, 9.17) is 14.6 Å². The molecule has 0 radical (unpaired) electrons. The summed E-state index contributed by atoms with van der Waals surface area (Å²) in [7, 11) is 0. The van der Waals surface area contributed by atoms with Crippen molar-refractivity contribution in [3.63, 3.8) is 0 Å². The highest BCUT2D eigenvalue weighted by atomic mass is 32.1. The molecule has 26 heavy (non-hydrogen) atoms. The molecule has 0 bridgehead atoms. The van der Waals surface area contributed by atoms with Crippen LogP contribution in [0.2, 0.25) is 0 Å². The summed E-state index contributed by atoms with van der Waals surface area (Å²) in [5, 5.41) is 11.9. The molecule has 0 fully saturated rings. The standard InChI is InChI=1S/C20H15NO4S/c22-19(23)10-14-4-2-1-3-13(14)5-7-16-11-26-20(21-16)15-6-8-17-18(9-15)25-12-24-17/h1-9,11H,10,12H2,(H,22,23)/b7-5+. The third-order valence-corrected chi connectivity index (χ3v) is 4.88. The number of benzene rings is 2. The van der Waals surface area contributed by atoms with Crippen LogP contribution in [0.5, 0.6) is 11.5 Å². The minimum atomic E-state index is -0.843. The van der Waals surface area contributed by atoms with Gasteiger partial charge >= 0.3 is 5.97 Å². The van der Waals surface area contributed by atoms with Crippen LogP contribution in [0.25, 0.3) is 22.7 Å². The Morgan fingerprint density at radius 1 is 1.15 bits per heavy atom. The summed E-state index contributed by atoms with van der Waals surface area (Å²) in [6.07, 6.45) is 3.80. The van der Waals surface area contributed by atoms with Gasteiger partial charge in [-0.1, -0.05) is 30.3 Å². The van der Waals surface area contributed by atoms with E-state index in [0.29, 0.717) is 0 Å². The molecule has 0 unspecified atom stereocenters. The largest absolute Gasteiger partial charge is 0.481 e. The molecule has 0 saturated carbocycles. The quantitative estimate of drug-likeness (QED) is 0.728. The molecular weight excluding hydrogens is 350 g/mol. The summed E-state index contributed by atoms with van der Waals surface area (Å²) in [6, 6.07) is 13.2. The van der Waals surface area contributed by atoms with Gasteiger partial charge in [-0.3, -0.25) is 4.79 Å². The molecule has 2 heterocycles. The molecule has 0 aliphatic carbocycles. The number of fused-ring (bicyclic) bond motifs is 1. The third-order valence-electron chi connectivity index (χ3n) is 3.97. The van der Waals surface area contributed by atoms with Crippen molar-refractivity contribution in [2.45, 2.75) is 6.42 Å². The third kappa shape index (κ3) is 3.45. The zero-order valence-corrected chi connectivity index (χ0v) is 14.5. The molecule has 5 nitrogen and oxygen atoms in total. The average Bonchev–Trinajstić information content (AvgIpc) is 3.29. The van der Waals surface area contributed by atoms with Gasteiger partial charge in [-0.15, -0.1) is 11.3 Å². The lowest BCUT2D eigenvalue weighted by Crippen LogP contribution is -2.01. The number of carboxylic acid groups (broad SMARTS) is 1. The van der Waals surface area contributed by atoms with Crippen LogP contribution in [0.15, 0.2) is 47.8 Å². The number of aliphatic carboxylic acids is 1. The molecule has 1 aromatic heterocycles. The molecule has 1 N–H and O–H groups in total. The van der Waals surface area contributed by atoms with E-state index >= 15 is 0 Å². The van der Waals surface area contributed by atoms with Gasteiger partial charge in [-0.25, -0.2) is 4.98 Å².